The normalized spacial score (nSPS) is 14.0. The number of hydrogen-bond donors (Lipinski definition) is 1. The van der Waals surface area contributed by atoms with Crippen molar-refractivity contribution in [2.75, 3.05) is 0 Å². The molecular weight excluding hydrogens is 496 g/mol. The maximum atomic E-state index is 14.1. The molecule has 33 heavy (non-hydrogen) atoms. The van der Waals surface area contributed by atoms with Crippen molar-refractivity contribution >= 4 is 25.3 Å². The van der Waals surface area contributed by atoms with Crippen LogP contribution in [0.5, 0.6) is 11.5 Å². The van der Waals surface area contributed by atoms with Gasteiger partial charge in [0.15, 0.2) is 0 Å². The van der Waals surface area contributed by atoms with Crippen LogP contribution in [0.1, 0.15) is 33.6 Å². The minimum absolute atomic E-state index is 0.209. The fourth-order valence-electron chi connectivity index (χ4n) is 2.50. The number of rotatable bonds is 10. The summed E-state index contributed by atoms with van der Waals surface area (Å²) in [4.78, 5) is 12.3. The molecule has 2 atom stereocenters. The van der Waals surface area contributed by atoms with Crippen LogP contribution in [0.2, 0.25) is 5.02 Å². The van der Waals surface area contributed by atoms with Crippen molar-refractivity contribution in [3.63, 3.8) is 0 Å². The van der Waals surface area contributed by atoms with Gasteiger partial charge in [-0.25, -0.2) is 17.7 Å². The van der Waals surface area contributed by atoms with Gasteiger partial charge in [-0.15, -0.1) is 0 Å². The number of carbonyl (C=O) groups excluding carboxylic acids is 1. The number of hydrogen-bond acceptors (Lipinski definition) is 5. The quantitative estimate of drug-likeness (QED) is 0.131. The highest BCUT2D eigenvalue weighted by Crippen LogP contribution is 2.47. The predicted octanol–water partition coefficient (Wildman–Crippen LogP) is 6.31. The first-order chi connectivity index (χ1) is 15.4. The molecule has 0 bridgehead atoms. The molecule has 0 aliphatic carbocycles. The molecule has 0 spiro atoms. The van der Waals surface area contributed by atoms with Crippen molar-refractivity contribution in [3.05, 3.63) is 58.4 Å². The van der Waals surface area contributed by atoms with Crippen molar-refractivity contribution in [1.29, 1.82) is 0 Å². The number of halogens is 6. The summed E-state index contributed by atoms with van der Waals surface area (Å²) in [5.41, 5.74) is 0. The Morgan fingerprint density at radius 1 is 0.939 bits per heavy atom. The molecule has 182 valence electrons. The largest absolute Gasteiger partial charge is 0.513 e. The molecule has 0 heterocycles. The van der Waals surface area contributed by atoms with Gasteiger partial charge in [-0.3, -0.25) is 4.79 Å². The molecule has 0 aliphatic rings. The Hall–Kier alpha value is -2.36. The highest BCUT2D eigenvalue weighted by molar-refractivity contribution is 7.52. The minimum atomic E-state index is -4.99. The zero-order chi connectivity index (χ0) is 24.9. The van der Waals surface area contributed by atoms with Gasteiger partial charge >= 0.3 is 13.7 Å². The third-order valence-corrected chi connectivity index (χ3v) is 6.15. The molecule has 2 unspecified atom stereocenters. The average Bonchev–Trinajstić information content (AvgIpc) is 2.79. The predicted molar refractivity (Wildman–Crippen MR) is 110 cm³/mol. The van der Waals surface area contributed by atoms with E-state index in [1.807, 2.05) is 0 Å². The first-order valence-corrected chi connectivity index (χ1v) is 11.6. The molecule has 1 N–H and O–H groups in total. The smallest absolute Gasteiger partial charge is 0.461 e. The van der Waals surface area contributed by atoms with Crippen LogP contribution < -0.4 is 14.1 Å². The van der Waals surface area contributed by atoms with Crippen molar-refractivity contribution in [2.24, 2.45) is 0 Å². The Balaban J connectivity index is 2.43. The summed E-state index contributed by atoms with van der Waals surface area (Å²) in [7, 11) is -4.99. The van der Waals surface area contributed by atoms with E-state index in [0.717, 1.165) is 0 Å². The van der Waals surface area contributed by atoms with Crippen LogP contribution in [0, 0.1) is 29.1 Å². The molecule has 0 radical (unpaired) electrons. The van der Waals surface area contributed by atoms with Gasteiger partial charge < -0.3 is 13.8 Å². The van der Waals surface area contributed by atoms with E-state index in [1.54, 1.807) is 13.8 Å². The van der Waals surface area contributed by atoms with Gasteiger partial charge in [0, 0.05) is 5.02 Å². The standard InChI is InChI=1S/C20H20ClF5NO5P/c1-4-12(5-2)30-20(28)10(3)27-33(29,31-13-8-6-11(21)7-9-13)32-19-17(25)15(23)14(22)16(24)18(19)26/h6-10,12H,4-5H2,1-3H3,(H,27,29). The van der Waals surface area contributed by atoms with Crippen LogP contribution >= 0.6 is 19.3 Å². The topological polar surface area (TPSA) is 73.9 Å². The summed E-state index contributed by atoms with van der Waals surface area (Å²) < 4.78 is 97.1. The second kappa shape index (κ2) is 11.2. The van der Waals surface area contributed by atoms with E-state index in [2.05, 4.69) is 9.61 Å². The number of carbonyl (C=O) groups is 1. The van der Waals surface area contributed by atoms with Crippen LogP contribution in [0.3, 0.4) is 0 Å². The lowest BCUT2D eigenvalue weighted by Crippen LogP contribution is -2.37. The number of ether oxygens (including phenoxy) is 1. The van der Waals surface area contributed by atoms with E-state index in [1.165, 1.54) is 31.2 Å². The van der Waals surface area contributed by atoms with Crippen LogP contribution in [0.15, 0.2) is 24.3 Å². The van der Waals surface area contributed by atoms with Gasteiger partial charge in [0.25, 0.3) is 0 Å². The molecule has 0 saturated heterocycles. The van der Waals surface area contributed by atoms with Crippen molar-refractivity contribution in [1.82, 2.24) is 5.09 Å². The lowest BCUT2D eigenvalue weighted by atomic mass is 10.2. The van der Waals surface area contributed by atoms with Gasteiger partial charge in [0.05, 0.1) is 0 Å². The van der Waals surface area contributed by atoms with E-state index >= 15 is 0 Å². The van der Waals surface area contributed by atoms with Crippen molar-refractivity contribution < 1.29 is 45.1 Å². The van der Waals surface area contributed by atoms with Gasteiger partial charge in [-0.05, 0) is 44.0 Å². The number of benzene rings is 2. The first kappa shape index (κ1) is 26.9. The van der Waals surface area contributed by atoms with Gasteiger partial charge in [-0.1, -0.05) is 25.4 Å². The monoisotopic (exact) mass is 515 g/mol. The lowest BCUT2D eigenvalue weighted by Gasteiger charge is -2.24. The molecule has 0 fully saturated rings. The highest BCUT2D eigenvalue weighted by atomic mass is 35.5. The summed E-state index contributed by atoms with van der Waals surface area (Å²) in [5.74, 6) is -14.8. The van der Waals surface area contributed by atoms with Gasteiger partial charge in [-0.2, -0.15) is 13.9 Å². The minimum Gasteiger partial charge on any atom is -0.461 e. The molecule has 6 nitrogen and oxygen atoms in total. The highest BCUT2D eigenvalue weighted by Gasteiger charge is 2.38. The number of esters is 1. The zero-order valence-corrected chi connectivity index (χ0v) is 19.3. The maximum Gasteiger partial charge on any atom is 0.513 e. The summed E-state index contributed by atoms with van der Waals surface area (Å²) in [6, 6.07) is 3.59. The van der Waals surface area contributed by atoms with Crippen LogP contribution in [-0.2, 0) is 14.1 Å². The molecule has 0 aromatic heterocycles. The summed E-state index contributed by atoms with van der Waals surface area (Å²) >= 11 is 5.75. The molecule has 13 heteroatoms. The van der Waals surface area contributed by atoms with Crippen LogP contribution in [-0.4, -0.2) is 18.1 Å². The Kier molecular flexibility index (Phi) is 9.11. The molecule has 0 saturated carbocycles. The first-order valence-electron chi connectivity index (χ1n) is 9.66. The SMILES string of the molecule is CCC(CC)OC(=O)C(C)NP(=O)(Oc1ccc(Cl)cc1)Oc1c(F)c(F)c(F)c(F)c1F. The molecule has 0 aliphatic heterocycles. The fourth-order valence-corrected chi connectivity index (χ4v) is 4.15. The summed E-state index contributed by atoms with van der Waals surface area (Å²) in [6.07, 6.45) is 0.499. The average molecular weight is 516 g/mol. The molecular formula is C20H20ClF5NO5P. The number of nitrogens with one attached hydrogen (secondary N) is 1. The van der Waals surface area contributed by atoms with Gasteiger partial charge in [0.1, 0.15) is 17.9 Å². The Morgan fingerprint density at radius 2 is 1.42 bits per heavy atom. The second-order valence-corrected chi connectivity index (χ2v) is 8.81. The Bertz CT molecular complexity index is 1020. The van der Waals surface area contributed by atoms with E-state index < -0.39 is 60.7 Å². The molecule has 0 amide bonds. The third kappa shape index (κ3) is 6.59. The molecule has 2 aromatic carbocycles. The van der Waals surface area contributed by atoms with E-state index in [0.29, 0.717) is 12.8 Å². The Labute approximate surface area is 191 Å². The third-order valence-electron chi connectivity index (χ3n) is 4.32. The van der Waals surface area contributed by atoms with Crippen molar-refractivity contribution in [3.8, 4) is 11.5 Å². The molecule has 2 aromatic rings. The zero-order valence-electron chi connectivity index (χ0n) is 17.6. The van der Waals surface area contributed by atoms with E-state index in [-0.39, 0.29) is 10.8 Å². The van der Waals surface area contributed by atoms with Crippen LogP contribution in [0.4, 0.5) is 22.0 Å². The fraction of sp³-hybridized carbons (Fsp3) is 0.350. The second-order valence-electron chi connectivity index (χ2n) is 6.76. The van der Waals surface area contributed by atoms with Crippen LogP contribution in [0.25, 0.3) is 0 Å². The van der Waals surface area contributed by atoms with E-state index in [9.17, 15) is 31.3 Å². The summed E-state index contributed by atoms with van der Waals surface area (Å²) in [6.45, 7) is 4.71. The summed E-state index contributed by atoms with van der Waals surface area (Å²) in [5, 5.41) is 2.36. The molecule has 2 rings (SSSR count). The maximum absolute atomic E-state index is 14.1. The van der Waals surface area contributed by atoms with Gasteiger partial charge in [0.2, 0.25) is 34.8 Å². The van der Waals surface area contributed by atoms with Crippen molar-refractivity contribution in [2.45, 2.75) is 45.8 Å². The Morgan fingerprint density at radius 3 is 1.91 bits per heavy atom. The van der Waals surface area contributed by atoms with E-state index in [4.69, 9.17) is 20.9 Å². The lowest BCUT2D eigenvalue weighted by molar-refractivity contribution is -0.151.